The third kappa shape index (κ3) is 3.16. The third-order valence-corrected chi connectivity index (χ3v) is 5.80. The van der Waals surface area contributed by atoms with Gasteiger partial charge in [0.05, 0.1) is 16.6 Å². The number of hydrogen-bond acceptors (Lipinski definition) is 2. The Morgan fingerprint density at radius 2 is 1.92 bits per heavy atom. The summed E-state index contributed by atoms with van der Waals surface area (Å²) in [5.41, 5.74) is -0.188. The van der Waals surface area contributed by atoms with Crippen molar-refractivity contribution >= 4 is 31.6 Å². The lowest BCUT2D eigenvalue weighted by molar-refractivity contribution is -0.0133. The van der Waals surface area contributed by atoms with E-state index in [4.69, 9.17) is 0 Å². The number of rotatable bonds is 3. The third-order valence-electron chi connectivity index (χ3n) is 3.76. The summed E-state index contributed by atoms with van der Waals surface area (Å²) in [6, 6.07) is 1.49. The first-order valence-corrected chi connectivity index (χ1v) is 9.11. The van der Waals surface area contributed by atoms with Crippen LogP contribution >= 0.6 is 15.9 Å². The standard InChI is InChI=1S/C14H11BrF4N2O2S/c15-8-3-10(17)11(4-9(8)16)21-24(22,23)13-6-20-12-5-14(18,19)2-1-7(12)13/h3-4,6,20-21H,1-2,5H2. The summed E-state index contributed by atoms with van der Waals surface area (Å²) >= 11 is 2.79. The van der Waals surface area contributed by atoms with E-state index in [9.17, 15) is 26.0 Å². The van der Waals surface area contributed by atoms with Crippen LogP contribution in [0.4, 0.5) is 23.2 Å². The van der Waals surface area contributed by atoms with Gasteiger partial charge in [0.1, 0.15) is 16.5 Å². The molecule has 0 saturated carbocycles. The molecule has 0 radical (unpaired) electrons. The number of sulfonamides is 1. The van der Waals surface area contributed by atoms with Crippen LogP contribution in [0.5, 0.6) is 0 Å². The molecule has 0 unspecified atom stereocenters. The molecule has 10 heteroatoms. The summed E-state index contributed by atoms with van der Waals surface area (Å²) in [6.07, 6.45) is -0.0957. The van der Waals surface area contributed by atoms with Gasteiger partial charge in [-0.05, 0) is 34.0 Å². The molecule has 0 saturated heterocycles. The Bertz CT molecular complexity index is 912. The van der Waals surface area contributed by atoms with E-state index in [0.717, 1.165) is 12.3 Å². The number of anilines is 1. The van der Waals surface area contributed by atoms with E-state index in [0.29, 0.717) is 6.07 Å². The Morgan fingerprint density at radius 3 is 2.62 bits per heavy atom. The van der Waals surface area contributed by atoms with Crippen molar-refractivity contribution in [2.75, 3.05) is 4.72 Å². The summed E-state index contributed by atoms with van der Waals surface area (Å²) in [4.78, 5) is 2.29. The van der Waals surface area contributed by atoms with Crippen LogP contribution < -0.4 is 4.72 Å². The van der Waals surface area contributed by atoms with Crippen LogP contribution in [-0.4, -0.2) is 19.3 Å². The van der Waals surface area contributed by atoms with Gasteiger partial charge >= 0.3 is 0 Å². The largest absolute Gasteiger partial charge is 0.363 e. The SMILES string of the molecule is O=S(=O)(Nc1cc(F)c(Br)cc1F)c1c[nH]c2c1CCC(F)(F)C2. The Hall–Kier alpha value is -1.55. The van der Waals surface area contributed by atoms with Crippen LogP contribution in [0.15, 0.2) is 27.7 Å². The number of fused-ring (bicyclic) bond motifs is 1. The average Bonchev–Trinajstić information content (AvgIpc) is 2.86. The fourth-order valence-electron chi connectivity index (χ4n) is 2.60. The highest BCUT2D eigenvalue weighted by atomic mass is 79.9. The van der Waals surface area contributed by atoms with E-state index in [1.165, 1.54) is 0 Å². The molecule has 1 aliphatic rings. The van der Waals surface area contributed by atoms with Crippen molar-refractivity contribution in [1.29, 1.82) is 0 Å². The van der Waals surface area contributed by atoms with Gasteiger partial charge in [0.2, 0.25) is 0 Å². The number of halogens is 5. The topological polar surface area (TPSA) is 62.0 Å². The van der Waals surface area contributed by atoms with Gasteiger partial charge in [0.15, 0.2) is 0 Å². The van der Waals surface area contributed by atoms with E-state index in [1.807, 2.05) is 4.72 Å². The van der Waals surface area contributed by atoms with Crippen LogP contribution in [-0.2, 0) is 22.9 Å². The number of aromatic amines is 1. The maximum absolute atomic E-state index is 13.8. The fraction of sp³-hybridized carbons (Fsp3) is 0.286. The van der Waals surface area contributed by atoms with Crippen molar-refractivity contribution in [2.45, 2.75) is 30.1 Å². The van der Waals surface area contributed by atoms with E-state index in [-0.39, 0.29) is 27.0 Å². The number of hydrogen-bond donors (Lipinski definition) is 2. The number of benzene rings is 1. The maximum atomic E-state index is 13.8. The lowest BCUT2D eigenvalue weighted by atomic mass is 9.95. The zero-order valence-electron chi connectivity index (χ0n) is 12.0. The smallest absolute Gasteiger partial charge is 0.263 e. The molecule has 1 aromatic carbocycles. The van der Waals surface area contributed by atoms with E-state index in [1.54, 1.807) is 0 Å². The summed E-state index contributed by atoms with van der Waals surface area (Å²) in [5.74, 6) is -4.71. The second kappa shape index (κ2) is 5.76. The molecule has 3 rings (SSSR count). The molecule has 0 atom stereocenters. The molecular formula is C14H11BrF4N2O2S. The molecule has 1 aromatic heterocycles. The lowest BCUT2D eigenvalue weighted by Crippen LogP contribution is -2.26. The van der Waals surface area contributed by atoms with E-state index < -0.39 is 46.1 Å². The molecule has 0 spiro atoms. The first kappa shape index (κ1) is 17.3. The molecule has 1 aliphatic carbocycles. The predicted octanol–water partition coefficient (Wildman–Crippen LogP) is 3.98. The summed E-state index contributed by atoms with van der Waals surface area (Å²) in [7, 11) is -4.25. The fourth-order valence-corrected chi connectivity index (χ4v) is 4.24. The minimum atomic E-state index is -4.25. The quantitative estimate of drug-likeness (QED) is 0.575. The Morgan fingerprint density at radius 1 is 1.21 bits per heavy atom. The van der Waals surface area contributed by atoms with Crippen molar-refractivity contribution in [3.63, 3.8) is 0 Å². The average molecular weight is 427 g/mol. The first-order chi connectivity index (χ1) is 11.1. The Balaban J connectivity index is 1.96. The van der Waals surface area contributed by atoms with Gasteiger partial charge in [-0.15, -0.1) is 0 Å². The van der Waals surface area contributed by atoms with Crippen molar-refractivity contribution in [2.24, 2.45) is 0 Å². The Kier molecular flexibility index (Phi) is 4.15. The van der Waals surface area contributed by atoms with Gasteiger partial charge in [-0.3, -0.25) is 4.72 Å². The second-order valence-electron chi connectivity index (χ2n) is 5.49. The zero-order chi connectivity index (χ0) is 17.7. The highest BCUT2D eigenvalue weighted by Crippen LogP contribution is 2.36. The number of nitrogens with one attached hydrogen (secondary N) is 2. The molecule has 1 heterocycles. The first-order valence-electron chi connectivity index (χ1n) is 6.83. The maximum Gasteiger partial charge on any atom is 0.263 e. The predicted molar refractivity (Wildman–Crippen MR) is 82.6 cm³/mol. The summed E-state index contributed by atoms with van der Waals surface area (Å²) in [5, 5.41) is 0. The number of alkyl halides is 2. The van der Waals surface area contributed by atoms with Crippen LogP contribution in [0.1, 0.15) is 17.7 Å². The van der Waals surface area contributed by atoms with Gasteiger partial charge in [0, 0.05) is 24.4 Å². The van der Waals surface area contributed by atoms with Gasteiger partial charge in [-0.25, -0.2) is 26.0 Å². The van der Waals surface area contributed by atoms with Crippen molar-refractivity contribution < 1.29 is 26.0 Å². The van der Waals surface area contributed by atoms with E-state index >= 15 is 0 Å². The van der Waals surface area contributed by atoms with Crippen LogP contribution in [0.25, 0.3) is 0 Å². The van der Waals surface area contributed by atoms with Gasteiger partial charge in [-0.2, -0.15) is 0 Å². The summed E-state index contributed by atoms with van der Waals surface area (Å²) in [6.45, 7) is 0. The highest BCUT2D eigenvalue weighted by molar-refractivity contribution is 9.10. The normalized spacial score (nSPS) is 16.7. The van der Waals surface area contributed by atoms with Crippen LogP contribution in [0, 0.1) is 11.6 Å². The van der Waals surface area contributed by atoms with Crippen molar-refractivity contribution in [1.82, 2.24) is 4.98 Å². The summed E-state index contributed by atoms with van der Waals surface area (Å²) < 4.78 is 80.7. The van der Waals surface area contributed by atoms with Crippen molar-refractivity contribution in [3.05, 3.63) is 45.7 Å². The molecule has 24 heavy (non-hydrogen) atoms. The second-order valence-corrected chi connectivity index (χ2v) is 8.00. The number of H-pyrrole nitrogens is 1. The lowest BCUT2D eigenvalue weighted by Gasteiger charge is -2.22. The van der Waals surface area contributed by atoms with Gasteiger partial charge in [0.25, 0.3) is 15.9 Å². The molecular weight excluding hydrogens is 416 g/mol. The molecule has 0 amide bonds. The molecule has 2 aromatic rings. The van der Waals surface area contributed by atoms with Gasteiger partial charge < -0.3 is 4.98 Å². The molecule has 0 aliphatic heterocycles. The number of aromatic nitrogens is 1. The van der Waals surface area contributed by atoms with E-state index in [2.05, 4.69) is 20.9 Å². The highest BCUT2D eigenvalue weighted by Gasteiger charge is 2.37. The van der Waals surface area contributed by atoms with Crippen LogP contribution in [0.2, 0.25) is 0 Å². The minimum Gasteiger partial charge on any atom is -0.363 e. The Labute approximate surface area is 143 Å². The monoisotopic (exact) mass is 426 g/mol. The minimum absolute atomic E-state index is 0.126. The molecule has 4 nitrogen and oxygen atoms in total. The van der Waals surface area contributed by atoms with Gasteiger partial charge in [-0.1, -0.05) is 0 Å². The molecule has 0 fully saturated rings. The van der Waals surface area contributed by atoms with Crippen LogP contribution in [0.3, 0.4) is 0 Å². The molecule has 130 valence electrons. The molecule has 0 bridgehead atoms. The van der Waals surface area contributed by atoms with Crippen molar-refractivity contribution in [3.8, 4) is 0 Å². The zero-order valence-corrected chi connectivity index (χ0v) is 14.4. The molecule has 2 N–H and O–H groups in total.